The Balaban J connectivity index is 1.45. The smallest absolute Gasteiger partial charge is 0.214 e. The zero-order chi connectivity index (χ0) is 18.2. The highest BCUT2D eigenvalue weighted by molar-refractivity contribution is 7.20. The molecule has 27 heavy (non-hydrogen) atoms. The van der Waals surface area contributed by atoms with Crippen LogP contribution < -0.4 is 4.90 Å². The fourth-order valence-corrected chi connectivity index (χ4v) is 4.20. The molecule has 4 aromatic heterocycles. The number of rotatable bonds is 5. The molecule has 0 aliphatic rings. The zero-order valence-corrected chi connectivity index (χ0v) is 15.6. The van der Waals surface area contributed by atoms with Gasteiger partial charge in [-0.3, -0.25) is 4.98 Å². The molecule has 0 saturated heterocycles. The molecule has 1 N–H and O–H groups in total. The Morgan fingerprint density at radius 3 is 2.93 bits per heavy atom. The van der Waals surface area contributed by atoms with E-state index in [0.717, 1.165) is 34.4 Å². The zero-order valence-electron chi connectivity index (χ0n) is 14.8. The monoisotopic (exact) mass is 374 g/mol. The summed E-state index contributed by atoms with van der Waals surface area (Å²) in [5.41, 5.74) is 4.34. The Labute approximate surface area is 160 Å². The van der Waals surface area contributed by atoms with E-state index in [0.29, 0.717) is 0 Å². The topological polar surface area (TPSA) is 62.1 Å². The normalized spacial score (nSPS) is 11.4. The molecule has 0 unspecified atom stereocenters. The van der Waals surface area contributed by atoms with Crippen LogP contribution in [-0.2, 0) is 6.54 Å². The number of nitrogens with zero attached hydrogens (tertiary/aromatic N) is 5. The summed E-state index contributed by atoms with van der Waals surface area (Å²) in [6.07, 6.45) is 7.64. The standard InChI is InChI=1S/C20H18N6S/c1-2-25(12-15-11-22-17-8-4-3-7-16(15)17)20-24-26-13-18(23-19(26)27-20)14-6-5-9-21-10-14/h3-11,13,22H,2,12H2,1H3. The van der Waals surface area contributed by atoms with Crippen molar-refractivity contribution < 1.29 is 0 Å². The quantitative estimate of drug-likeness (QED) is 0.496. The summed E-state index contributed by atoms with van der Waals surface area (Å²) < 4.78 is 1.86. The molecule has 0 aliphatic heterocycles. The third kappa shape index (κ3) is 2.86. The molecular weight excluding hydrogens is 356 g/mol. The number of hydrogen-bond acceptors (Lipinski definition) is 5. The minimum atomic E-state index is 0.812. The molecule has 7 heteroatoms. The van der Waals surface area contributed by atoms with E-state index in [-0.39, 0.29) is 0 Å². The Morgan fingerprint density at radius 1 is 1.19 bits per heavy atom. The maximum Gasteiger partial charge on any atom is 0.214 e. The van der Waals surface area contributed by atoms with Gasteiger partial charge in [0.25, 0.3) is 0 Å². The van der Waals surface area contributed by atoms with Crippen LogP contribution in [0.5, 0.6) is 0 Å². The molecule has 4 heterocycles. The van der Waals surface area contributed by atoms with Gasteiger partial charge < -0.3 is 9.88 Å². The highest BCUT2D eigenvalue weighted by atomic mass is 32.1. The van der Waals surface area contributed by atoms with E-state index in [9.17, 15) is 0 Å². The van der Waals surface area contributed by atoms with Gasteiger partial charge in [-0.15, -0.1) is 5.10 Å². The molecule has 5 rings (SSSR count). The number of anilines is 1. The van der Waals surface area contributed by atoms with Crippen molar-refractivity contribution in [2.24, 2.45) is 0 Å². The Morgan fingerprint density at radius 2 is 2.11 bits per heavy atom. The number of hydrogen-bond donors (Lipinski definition) is 1. The molecule has 0 saturated carbocycles. The van der Waals surface area contributed by atoms with Gasteiger partial charge >= 0.3 is 0 Å². The predicted molar refractivity (Wildman–Crippen MR) is 109 cm³/mol. The van der Waals surface area contributed by atoms with Crippen molar-refractivity contribution in [3.05, 3.63) is 66.7 Å². The first-order chi connectivity index (χ1) is 13.3. The van der Waals surface area contributed by atoms with Gasteiger partial charge in [0.2, 0.25) is 10.1 Å². The molecule has 0 aliphatic carbocycles. The maximum absolute atomic E-state index is 4.76. The summed E-state index contributed by atoms with van der Waals surface area (Å²) in [6.45, 7) is 3.85. The summed E-state index contributed by atoms with van der Waals surface area (Å²) in [4.78, 5) is 15.4. The average Bonchev–Trinajstić information content (AvgIpc) is 3.40. The van der Waals surface area contributed by atoms with Crippen molar-refractivity contribution >= 4 is 32.3 Å². The van der Waals surface area contributed by atoms with E-state index in [2.05, 4.69) is 52.3 Å². The van der Waals surface area contributed by atoms with Gasteiger partial charge in [-0.1, -0.05) is 29.5 Å². The lowest BCUT2D eigenvalue weighted by molar-refractivity contribution is 0.808. The molecule has 0 fully saturated rings. The first kappa shape index (κ1) is 16.0. The summed E-state index contributed by atoms with van der Waals surface area (Å²) >= 11 is 1.61. The fourth-order valence-electron chi connectivity index (χ4n) is 3.25. The SMILES string of the molecule is CCN(Cc1c[nH]c2ccccc12)c1nn2cc(-c3cccnc3)nc2s1. The molecule has 0 radical (unpaired) electrons. The van der Waals surface area contributed by atoms with Crippen molar-refractivity contribution in [1.29, 1.82) is 0 Å². The molecule has 6 nitrogen and oxygen atoms in total. The summed E-state index contributed by atoms with van der Waals surface area (Å²) in [7, 11) is 0. The van der Waals surface area contributed by atoms with Crippen LogP contribution in [0.25, 0.3) is 27.1 Å². The van der Waals surface area contributed by atoms with Crippen molar-refractivity contribution in [3.8, 4) is 11.3 Å². The lowest BCUT2D eigenvalue weighted by Crippen LogP contribution is -2.21. The van der Waals surface area contributed by atoms with Crippen molar-refractivity contribution in [3.63, 3.8) is 0 Å². The largest absolute Gasteiger partial charge is 0.361 e. The number of para-hydroxylation sites is 1. The van der Waals surface area contributed by atoms with E-state index in [1.807, 2.05) is 29.0 Å². The van der Waals surface area contributed by atoms with E-state index in [4.69, 9.17) is 10.1 Å². The molecule has 1 aromatic carbocycles. The molecule has 0 atom stereocenters. The molecule has 5 aromatic rings. The summed E-state index contributed by atoms with van der Waals surface area (Å²) in [5, 5.41) is 6.99. The van der Waals surface area contributed by atoms with Gasteiger partial charge in [-0.2, -0.15) is 0 Å². The van der Waals surface area contributed by atoms with Crippen LogP contribution in [0.4, 0.5) is 5.13 Å². The van der Waals surface area contributed by atoms with Crippen LogP contribution in [0.15, 0.2) is 61.2 Å². The lowest BCUT2D eigenvalue weighted by Gasteiger charge is -2.18. The second-order valence-electron chi connectivity index (χ2n) is 6.35. The molecule has 0 bridgehead atoms. The van der Waals surface area contributed by atoms with Gasteiger partial charge in [-0.05, 0) is 30.7 Å². The third-order valence-electron chi connectivity index (χ3n) is 4.68. The van der Waals surface area contributed by atoms with E-state index < -0.39 is 0 Å². The Bertz CT molecular complexity index is 1170. The maximum atomic E-state index is 4.76. The number of pyridine rings is 1. The molecule has 0 amide bonds. The second kappa shape index (κ2) is 6.51. The highest BCUT2D eigenvalue weighted by Crippen LogP contribution is 2.28. The van der Waals surface area contributed by atoms with E-state index in [1.54, 1.807) is 17.5 Å². The van der Waals surface area contributed by atoms with E-state index >= 15 is 0 Å². The number of aromatic nitrogens is 5. The van der Waals surface area contributed by atoms with Gasteiger partial charge in [0.1, 0.15) is 0 Å². The average molecular weight is 374 g/mol. The van der Waals surface area contributed by atoms with Gasteiger partial charge in [-0.25, -0.2) is 9.50 Å². The highest BCUT2D eigenvalue weighted by Gasteiger charge is 2.16. The second-order valence-corrected chi connectivity index (χ2v) is 7.29. The summed E-state index contributed by atoms with van der Waals surface area (Å²) in [5.74, 6) is 0. The van der Waals surface area contributed by atoms with Crippen molar-refractivity contribution in [2.45, 2.75) is 13.5 Å². The lowest BCUT2D eigenvalue weighted by atomic mass is 10.1. The molecular formula is C20H18N6S. The van der Waals surface area contributed by atoms with Gasteiger partial charge in [0, 0.05) is 48.1 Å². The van der Waals surface area contributed by atoms with Crippen LogP contribution in [0.1, 0.15) is 12.5 Å². The van der Waals surface area contributed by atoms with Crippen LogP contribution in [0, 0.1) is 0 Å². The van der Waals surface area contributed by atoms with E-state index in [1.165, 1.54) is 16.5 Å². The minimum absolute atomic E-state index is 0.812. The number of aromatic amines is 1. The number of fused-ring (bicyclic) bond motifs is 2. The van der Waals surface area contributed by atoms with Crippen LogP contribution in [0.2, 0.25) is 0 Å². The van der Waals surface area contributed by atoms with Gasteiger partial charge in [0.05, 0.1) is 11.9 Å². The number of benzene rings is 1. The van der Waals surface area contributed by atoms with Crippen molar-refractivity contribution in [1.82, 2.24) is 24.6 Å². The number of H-pyrrole nitrogens is 1. The van der Waals surface area contributed by atoms with Crippen molar-refractivity contribution in [2.75, 3.05) is 11.4 Å². The van der Waals surface area contributed by atoms with Crippen LogP contribution in [0.3, 0.4) is 0 Å². The first-order valence-electron chi connectivity index (χ1n) is 8.88. The minimum Gasteiger partial charge on any atom is -0.361 e. The fraction of sp³-hybridized carbons (Fsp3) is 0.150. The first-order valence-corrected chi connectivity index (χ1v) is 9.70. The molecule has 0 spiro atoms. The predicted octanol–water partition coefficient (Wildman–Crippen LogP) is 4.36. The van der Waals surface area contributed by atoms with Crippen LogP contribution >= 0.6 is 11.3 Å². The number of imidazole rings is 1. The van der Waals surface area contributed by atoms with Gasteiger partial charge in [0.15, 0.2) is 0 Å². The Hall–Kier alpha value is -3.19. The number of nitrogens with one attached hydrogen (secondary N) is 1. The summed E-state index contributed by atoms with van der Waals surface area (Å²) in [6, 6.07) is 12.3. The van der Waals surface area contributed by atoms with Crippen LogP contribution in [-0.4, -0.2) is 31.1 Å². The third-order valence-corrected chi connectivity index (χ3v) is 5.66. The Kier molecular flexibility index (Phi) is 3.86. The molecule has 134 valence electrons.